The summed E-state index contributed by atoms with van der Waals surface area (Å²) < 4.78 is 0. The second-order valence-electron chi connectivity index (χ2n) is 5.04. The summed E-state index contributed by atoms with van der Waals surface area (Å²) in [6, 6.07) is 5.39. The number of benzene rings is 1. The van der Waals surface area contributed by atoms with E-state index in [9.17, 15) is 9.90 Å². The number of piperidine rings is 1. The molecule has 0 aliphatic carbocycles. The maximum atomic E-state index is 12.4. The molecular weight excluding hydrogens is 254 g/mol. The minimum Gasteiger partial charge on any atom is -0.391 e. The molecule has 2 N–H and O–H groups in total. The highest BCUT2D eigenvalue weighted by Crippen LogP contribution is 2.16. The number of aliphatic hydroxyl groups is 2. The van der Waals surface area contributed by atoms with Crippen LogP contribution in [0.1, 0.15) is 34.3 Å². The highest BCUT2D eigenvalue weighted by Gasteiger charge is 2.23. The van der Waals surface area contributed by atoms with Gasteiger partial charge in [-0.1, -0.05) is 17.9 Å². The molecule has 0 bridgehead atoms. The molecule has 106 valence electrons. The van der Waals surface area contributed by atoms with Crippen molar-refractivity contribution in [1.82, 2.24) is 4.90 Å². The van der Waals surface area contributed by atoms with Gasteiger partial charge in [-0.3, -0.25) is 4.79 Å². The van der Waals surface area contributed by atoms with E-state index in [-0.39, 0.29) is 12.5 Å². The van der Waals surface area contributed by atoms with Gasteiger partial charge in [0.15, 0.2) is 0 Å². The standard InChI is InChI=1S/C16H19NO3/c1-12-6-7-14(10-13(12)4-3-9-18)16(20)17-8-2-5-15(19)11-17/h6-7,10,15,18-19H,2,5,8-9,11H2,1H3. The Balaban J connectivity index is 2.21. The SMILES string of the molecule is Cc1ccc(C(=O)N2CCCC(O)C2)cc1C#CCO. The van der Waals surface area contributed by atoms with Crippen LogP contribution in [0.4, 0.5) is 0 Å². The molecule has 1 aromatic carbocycles. The van der Waals surface area contributed by atoms with Gasteiger partial charge in [-0.25, -0.2) is 0 Å². The monoisotopic (exact) mass is 273 g/mol. The molecule has 1 aliphatic rings. The van der Waals surface area contributed by atoms with E-state index >= 15 is 0 Å². The Morgan fingerprint density at radius 3 is 3.00 bits per heavy atom. The van der Waals surface area contributed by atoms with Crippen LogP contribution in [0.5, 0.6) is 0 Å². The molecule has 1 aromatic rings. The van der Waals surface area contributed by atoms with Crippen LogP contribution in [0.2, 0.25) is 0 Å². The molecule has 1 unspecified atom stereocenters. The van der Waals surface area contributed by atoms with Crippen LogP contribution in [0.3, 0.4) is 0 Å². The summed E-state index contributed by atoms with van der Waals surface area (Å²) in [6.07, 6.45) is 1.16. The summed E-state index contributed by atoms with van der Waals surface area (Å²) in [5.41, 5.74) is 2.30. The Morgan fingerprint density at radius 2 is 2.30 bits per heavy atom. The normalized spacial score (nSPS) is 18.4. The number of hydrogen-bond donors (Lipinski definition) is 2. The minimum atomic E-state index is -0.424. The summed E-state index contributed by atoms with van der Waals surface area (Å²) in [5, 5.41) is 18.4. The number of amides is 1. The van der Waals surface area contributed by atoms with Crippen molar-refractivity contribution in [2.45, 2.75) is 25.9 Å². The molecule has 1 fully saturated rings. The first kappa shape index (κ1) is 14.6. The fraction of sp³-hybridized carbons (Fsp3) is 0.438. The number of carbonyl (C=O) groups is 1. The smallest absolute Gasteiger partial charge is 0.253 e. The van der Waals surface area contributed by atoms with E-state index in [0.717, 1.165) is 24.0 Å². The third kappa shape index (κ3) is 3.38. The molecule has 1 aliphatic heterocycles. The molecule has 1 saturated heterocycles. The molecule has 1 atom stereocenters. The Labute approximate surface area is 119 Å². The van der Waals surface area contributed by atoms with Crippen molar-refractivity contribution in [3.8, 4) is 11.8 Å². The summed E-state index contributed by atoms with van der Waals surface area (Å²) in [6.45, 7) is 2.79. The average Bonchev–Trinajstić information content (AvgIpc) is 2.45. The lowest BCUT2D eigenvalue weighted by Crippen LogP contribution is -2.42. The lowest BCUT2D eigenvalue weighted by Gasteiger charge is -2.30. The molecule has 2 rings (SSSR count). The predicted octanol–water partition coefficient (Wildman–Crippen LogP) is 0.936. The van der Waals surface area contributed by atoms with E-state index in [1.165, 1.54) is 0 Å². The number of nitrogens with zero attached hydrogens (tertiary/aromatic N) is 1. The number of aryl methyl sites for hydroxylation is 1. The number of likely N-dealkylation sites (tertiary alicyclic amines) is 1. The molecule has 0 spiro atoms. The molecule has 1 amide bonds. The van der Waals surface area contributed by atoms with Crippen molar-refractivity contribution in [1.29, 1.82) is 0 Å². The van der Waals surface area contributed by atoms with Crippen LogP contribution in [-0.2, 0) is 0 Å². The maximum Gasteiger partial charge on any atom is 0.253 e. The van der Waals surface area contributed by atoms with Gasteiger partial charge in [-0.2, -0.15) is 0 Å². The maximum absolute atomic E-state index is 12.4. The topological polar surface area (TPSA) is 60.8 Å². The zero-order valence-corrected chi connectivity index (χ0v) is 11.6. The highest BCUT2D eigenvalue weighted by molar-refractivity contribution is 5.94. The lowest BCUT2D eigenvalue weighted by molar-refractivity contribution is 0.0473. The second kappa shape index (κ2) is 6.56. The molecule has 0 aromatic heterocycles. The molecule has 20 heavy (non-hydrogen) atoms. The van der Waals surface area contributed by atoms with Gasteiger partial charge in [0.05, 0.1) is 6.10 Å². The number of aliphatic hydroxyl groups excluding tert-OH is 2. The first-order valence-electron chi connectivity index (χ1n) is 6.79. The summed E-state index contributed by atoms with van der Waals surface area (Å²) in [5.74, 6) is 5.37. The van der Waals surface area contributed by atoms with Crippen molar-refractivity contribution in [3.05, 3.63) is 34.9 Å². The molecule has 0 radical (unpaired) electrons. The van der Waals surface area contributed by atoms with Crippen LogP contribution in [0.25, 0.3) is 0 Å². The van der Waals surface area contributed by atoms with Gasteiger partial charge in [0.2, 0.25) is 0 Å². The average molecular weight is 273 g/mol. The quantitative estimate of drug-likeness (QED) is 0.749. The number of carbonyl (C=O) groups excluding carboxylic acids is 1. The highest BCUT2D eigenvalue weighted by atomic mass is 16.3. The third-order valence-electron chi connectivity index (χ3n) is 3.47. The van der Waals surface area contributed by atoms with E-state index in [2.05, 4.69) is 11.8 Å². The Bertz CT molecular complexity index is 557. The van der Waals surface area contributed by atoms with Crippen molar-refractivity contribution in [2.75, 3.05) is 19.7 Å². The van der Waals surface area contributed by atoms with Gasteiger partial charge in [-0.15, -0.1) is 0 Å². The molecule has 0 saturated carbocycles. The number of rotatable bonds is 1. The van der Waals surface area contributed by atoms with Crippen LogP contribution in [-0.4, -0.2) is 46.8 Å². The van der Waals surface area contributed by atoms with Crippen molar-refractivity contribution in [2.24, 2.45) is 0 Å². The van der Waals surface area contributed by atoms with E-state index in [1.807, 2.05) is 13.0 Å². The zero-order chi connectivity index (χ0) is 14.5. The van der Waals surface area contributed by atoms with Gasteiger partial charge in [0.1, 0.15) is 6.61 Å². The van der Waals surface area contributed by atoms with Gasteiger partial charge >= 0.3 is 0 Å². The number of β-amino-alcohol motifs (C(OH)–C–C–N with tert-alkyl or cyclic N) is 1. The first-order chi connectivity index (χ1) is 9.61. The molecule has 4 heteroatoms. The fourth-order valence-corrected chi connectivity index (χ4v) is 2.35. The Hall–Kier alpha value is -1.83. The summed E-state index contributed by atoms with van der Waals surface area (Å²) in [4.78, 5) is 14.1. The van der Waals surface area contributed by atoms with Gasteiger partial charge in [0, 0.05) is 24.2 Å². The summed E-state index contributed by atoms with van der Waals surface area (Å²) in [7, 11) is 0. The van der Waals surface area contributed by atoms with Crippen LogP contribution >= 0.6 is 0 Å². The van der Waals surface area contributed by atoms with Gasteiger partial charge in [0.25, 0.3) is 5.91 Å². The van der Waals surface area contributed by atoms with E-state index < -0.39 is 6.10 Å². The van der Waals surface area contributed by atoms with E-state index in [4.69, 9.17) is 5.11 Å². The van der Waals surface area contributed by atoms with Crippen LogP contribution in [0, 0.1) is 18.8 Å². The second-order valence-corrected chi connectivity index (χ2v) is 5.04. The van der Waals surface area contributed by atoms with Crippen molar-refractivity contribution in [3.63, 3.8) is 0 Å². The third-order valence-corrected chi connectivity index (χ3v) is 3.47. The minimum absolute atomic E-state index is 0.0733. The van der Waals surface area contributed by atoms with Crippen molar-refractivity contribution >= 4 is 5.91 Å². The van der Waals surface area contributed by atoms with Crippen molar-refractivity contribution < 1.29 is 15.0 Å². The number of hydrogen-bond acceptors (Lipinski definition) is 3. The molecule has 4 nitrogen and oxygen atoms in total. The predicted molar refractivity (Wildman–Crippen MR) is 76.3 cm³/mol. The van der Waals surface area contributed by atoms with Gasteiger partial charge in [-0.05, 0) is 37.5 Å². The molecular formula is C16H19NO3. The largest absolute Gasteiger partial charge is 0.391 e. The Kier molecular flexibility index (Phi) is 4.78. The first-order valence-corrected chi connectivity index (χ1v) is 6.79. The van der Waals surface area contributed by atoms with Crippen LogP contribution < -0.4 is 0 Å². The van der Waals surface area contributed by atoms with E-state index in [1.54, 1.807) is 17.0 Å². The Morgan fingerprint density at radius 1 is 1.50 bits per heavy atom. The van der Waals surface area contributed by atoms with E-state index in [0.29, 0.717) is 18.7 Å². The lowest BCUT2D eigenvalue weighted by atomic mass is 10.0. The van der Waals surface area contributed by atoms with Gasteiger partial charge < -0.3 is 15.1 Å². The van der Waals surface area contributed by atoms with Crippen LogP contribution in [0.15, 0.2) is 18.2 Å². The fourth-order valence-electron chi connectivity index (χ4n) is 2.35. The molecule has 1 heterocycles. The summed E-state index contributed by atoms with van der Waals surface area (Å²) >= 11 is 0. The zero-order valence-electron chi connectivity index (χ0n) is 11.6.